The molecule has 0 radical (unpaired) electrons. The summed E-state index contributed by atoms with van der Waals surface area (Å²) in [7, 11) is 0. The summed E-state index contributed by atoms with van der Waals surface area (Å²) in [6, 6.07) is 14.4. The molecule has 1 heterocycles. The monoisotopic (exact) mass is 475 g/mol. The molecule has 0 saturated carbocycles. The molecule has 0 aliphatic rings. The molecule has 1 unspecified atom stereocenters. The molecule has 0 N–H and O–H groups in total. The zero-order valence-corrected chi connectivity index (χ0v) is 23.8. The van der Waals surface area contributed by atoms with Crippen molar-refractivity contribution in [3.05, 3.63) is 75.3 Å². The summed E-state index contributed by atoms with van der Waals surface area (Å²) in [5.74, 6) is 0.713. The predicted octanol–water partition coefficient (Wildman–Crippen LogP) is 9.71. The maximum Gasteiger partial charge on any atom is 0.123 e. The Morgan fingerprint density at radius 3 is 2.00 bits per heavy atom. The molecule has 1 aromatic heterocycles. The zero-order chi connectivity index (χ0) is 25.1. The molecule has 0 aliphatic carbocycles. The van der Waals surface area contributed by atoms with Crippen LogP contribution in [0.15, 0.2) is 41.8 Å². The first-order valence-corrected chi connectivity index (χ1v) is 14.1. The Balaban J connectivity index is 1.92. The largest absolute Gasteiger partial charge is 0.241 e. The second kappa shape index (κ2) is 10.8. The van der Waals surface area contributed by atoms with E-state index in [0.29, 0.717) is 11.3 Å². The first kappa shape index (κ1) is 26.7. The second-order valence-corrected chi connectivity index (χ2v) is 12.1. The molecule has 1 atom stereocenters. The summed E-state index contributed by atoms with van der Waals surface area (Å²) in [6.07, 6.45) is 5.59. The van der Waals surface area contributed by atoms with Gasteiger partial charge in [0.1, 0.15) is 5.01 Å². The normalized spacial score (nSPS) is 13.3. The van der Waals surface area contributed by atoms with Crippen LogP contribution in [0.4, 0.5) is 0 Å². The van der Waals surface area contributed by atoms with Gasteiger partial charge in [-0.3, -0.25) is 0 Å². The topological polar surface area (TPSA) is 12.9 Å². The number of nitrogens with zero attached hydrogens (tertiary/aromatic N) is 1. The Kier molecular flexibility index (Phi) is 8.45. The molecule has 2 aromatic carbocycles. The van der Waals surface area contributed by atoms with E-state index in [0.717, 1.165) is 30.7 Å². The fraction of sp³-hybridized carbons (Fsp3) is 0.531. The molecule has 1 nitrogen and oxygen atoms in total. The molecule has 184 valence electrons. The summed E-state index contributed by atoms with van der Waals surface area (Å²) in [5.41, 5.74) is 10.0. The van der Waals surface area contributed by atoms with E-state index in [1.165, 1.54) is 45.5 Å². The Morgan fingerprint density at radius 1 is 0.882 bits per heavy atom. The summed E-state index contributed by atoms with van der Waals surface area (Å²) in [4.78, 5) is 4.83. The molecule has 34 heavy (non-hydrogen) atoms. The second-order valence-electron chi connectivity index (χ2n) is 11.3. The summed E-state index contributed by atoms with van der Waals surface area (Å²) < 4.78 is 0. The summed E-state index contributed by atoms with van der Waals surface area (Å²) in [6.45, 7) is 20.9. The number of thiazole rings is 1. The highest BCUT2D eigenvalue weighted by Gasteiger charge is 2.31. The van der Waals surface area contributed by atoms with E-state index in [2.05, 4.69) is 104 Å². The van der Waals surface area contributed by atoms with E-state index in [-0.39, 0.29) is 5.41 Å². The van der Waals surface area contributed by atoms with Crippen molar-refractivity contribution < 1.29 is 0 Å². The number of rotatable bonds is 9. The van der Waals surface area contributed by atoms with Gasteiger partial charge in [0.25, 0.3) is 0 Å². The van der Waals surface area contributed by atoms with Gasteiger partial charge in [0.05, 0.1) is 5.69 Å². The quantitative estimate of drug-likeness (QED) is 0.300. The van der Waals surface area contributed by atoms with Crippen molar-refractivity contribution in [2.24, 2.45) is 11.3 Å². The molecular weight excluding hydrogens is 430 g/mol. The Morgan fingerprint density at radius 2 is 1.50 bits per heavy atom. The van der Waals surface area contributed by atoms with Crippen LogP contribution in [-0.4, -0.2) is 4.98 Å². The summed E-state index contributed by atoms with van der Waals surface area (Å²) in [5, 5.41) is 3.33. The van der Waals surface area contributed by atoms with Crippen molar-refractivity contribution >= 4 is 11.3 Å². The number of benzene rings is 2. The SMILES string of the molecule is CCc1csc(-c2ccc(C(CC)(CC)c3ccc(CCC(C)C(C)(C)C)c(C)c3)cc2C)n1. The van der Waals surface area contributed by atoms with Gasteiger partial charge in [-0.1, -0.05) is 84.9 Å². The molecule has 0 bridgehead atoms. The third-order valence-electron chi connectivity index (χ3n) is 8.35. The maximum absolute atomic E-state index is 4.83. The van der Waals surface area contributed by atoms with E-state index in [9.17, 15) is 0 Å². The Hall–Kier alpha value is -1.93. The molecule has 0 saturated heterocycles. The van der Waals surface area contributed by atoms with Gasteiger partial charge in [-0.25, -0.2) is 4.98 Å². The van der Waals surface area contributed by atoms with Gasteiger partial charge in [0.2, 0.25) is 0 Å². The van der Waals surface area contributed by atoms with Crippen LogP contribution in [0.2, 0.25) is 0 Å². The van der Waals surface area contributed by atoms with Crippen molar-refractivity contribution in [1.29, 1.82) is 0 Å². The fourth-order valence-corrected chi connectivity index (χ4v) is 6.10. The molecule has 0 spiro atoms. The first-order valence-electron chi connectivity index (χ1n) is 13.2. The number of hydrogen-bond acceptors (Lipinski definition) is 2. The van der Waals surface area contributed by atoms with Crippen molar-refractivity contribution in [3.8, 4) is 10.6 Å². The van der Waals surface area contributed by atoms with Gasteiger partial charge >= 0.3 is 0 Å². The average Bonchev–Trinajstić information content (AvgIpc) is 3.28. The minimum atomic E-state index is 0.0444. The molecule has 3 aromatic rings. The van der Waals surface area contributed by atoms with Gasteiger partial charge in [0, 0.05) is 16.4 Å². The third kappa shape index (κ3) is 5.48. The van der Waals surface area contributed by atoms with Crippen LogP contribution in [0.3, 0.4) is 0 Å². The van der Waals surface area contributed by atoms with E-state index in [4.69, 9.17) is 4.98 Å². The van der Waals surface area contributed by atoms with E-state index in [1.54, 1.807) is 11.3 Å². The lowest BCUT2D eigenvalue weighted by Gasteiger charge is -2.34. The smallest absolute Gasteiger partial charge is 0.123 e. The predicted molar refractivity (Wildman–Crippen MR) is 151 cm³/mol. The van der Waals surface area contributed by atoms with Crippen molar-refractivity contribution in [3.63, 3.8) is 0 Å². The summed E-state index contributed by atoms with van der Waals surface area (Å²) >= 11 is 1.76. The molecule has 0 aliphatic heterocycles. The van der Waals surface area contributed by atoms with Crippen molar-refractivity contribution in [1.82, 2.24) is 4.98 Å². The lowest BCUT2D eigenvalue weighted by molar-refractivity contribution is 0.247. The van der Waals surface area contributed by atoms with Gasteiger partial charge < -0.3 is 0 Å². The highest BCUT2D eigenvalue weighted by Crippen LogP contribution is 2.41. The zero-order valence-electron chi connectivity index (χ0n) is 23.0. The number of aryl methyl sites for hydroxylation is 4. The van der Waals surface area contributed by atoms with Crippen LogP contribution in [-0.2, 0) is 18.3 Å². The minimum Gasteiger partial charge on any atom is -0.241 e. The lowest BCUT2D eigenvalue weighted by atomic mass is 9.69. The number of aromatic nitrogens is 1. The Bertz CT molecular complexity index is 1090. The van der Waals surface area contributed by atoms with Crippen LogP contribution in [0.1, 0.15) is 101 Å². The van der Waals surface area contributed by atoms with E-state index in [1.807, 2.05) is 0 Å². The fourth-order valence-electron chi connectivity index (χ4n) is 5.11. The van der Waals surface area contributed by atoms with E-state index < -0.39 is 0 Å². The van der Waals surface area contributed by atoms with Crippen molar-refractivity contribution in [2.45, 2.75) is 99.8 Å². The van der Waals surface area contributed by atoms with Crippen LogP contribution < -0.4 is 0 Å². The average molecular weight is 476 g/mol. The lowest BCUT2D eigenvalue weighted by Crippen LogP contribution is -2.26. The van der Waals surface area contributed by atoms with Crippen LogP contribution >= 0.6 is 11.3 Å². The molecule has 2 heteroatoms. The van der Waals surface area contributed by atoms with Gasteiger partial charge in [-0.15, -0.1) is 11.3 Å². The standard InChI is InChI=1S/C32H45NS/c1-10-28-21-34-30(33-28)29-18-17-27(20-23(29)5)32(11-2,12-3)26-16-15-25(22(4)19-26)14-13-24(6)31(7,8)9/h15-21,24H,10-14H2,1-9H3. The van der Waals surface area contributed by atoms with Gasteiger partial charge in [0.15, 0.2) is 0 Å². The van der Waals surface area contributed by atoms with Crippen LogP contribution in [0.25, 0.3) is 10.6 Å². The van der Waals surface area contributed by atoms with Crippen molar-refractivity contribution in [2.75, 3.05) is 0 Å². The molecule has 0 amide bonds. The van der Waals surface area contributed by atoms with Gasteiger partial charge in [-0.2, -0.15) is 0 Å². The Labute approximate surface area is 213 Å². The highest BCUT2D eigenvalue weighted by atomic mass is 32.1. The van der Waals surface area contributed by atoms with E-state index >= 15 is 0 Å². The molecule has 3 rings (SSSR count). The van der Waals surface area contributed by atoms with Crippen LogP contribution in [0.5, 0.6) is 0 Å². The maximum atomic E-state index is 4.83. The first-order chi connectivity index (χ1) is 16.1. The minimum absolute atomic E-state index is 0.0444. The third-order valence-corrected chi connectivity index (χ3v) is 9.28. The highest BCUT2D eigenvalue weighted by molar-refractivity contribution is 7.13. The molecule has 0 fully saturated rings. The number of hydrogen-bond donors (Lipinski definition) is 0. The van der Waals surface area contributed by atoms with Gasteiger partial charge in [-0.05, 0) is 85.1 Å². The molecular formula is C32H45NS. The van der Waals surface area contributed by atoms with Crippen LogP contribution in [0, 0.1) is 25.2 Å².